The second-order valence-electron chi connectivity index (χ2n) is 12.7. The summed E-state index contributed by atoms with van der Waals surface area (Å²) in [5.74, 6) is 0. The lowest BCUT2D eigenvalue weighted by atomic mass is 9.86. The minimum absolute atomic E-state index is 0.991. The van der Waals surface area contributed by atoms with Gasteiger partial charge in [0.1, 0.15) is 0 Å². The van der Waals surface area contributed by atoms with Crippen molar-refractivity contribution in [2.45, 2.75) is 0 Å². The molecule has 0 aliphatic heterocycles. The van der Waals surface area contributed by atoms with E-state index in [2.05, 4.69) is 176 Å². The van der Waals surface area contributed by atoms with Crippen LogP contribution in [-0.2, 0) is 0 Å². The highest BCUT2D eigenvalue weighted by Gasteiger charge is 2.18. The van der Waals surface area contributed by atoms with Crippen LogP contribution in [0.25, 0.3) is 97.1 Å². The molecular formula is C47H29NS. The Balaban J connectivity index is 1.14. The standard InChI is InChI=1S/C47H29NS/c1-2-11-30(12-3-1)31-21-23-33(24-22-31)44-36-15-6-8-17-38(36)45(39-18-9-7-16-37(39)44)34-25-27-41(48-29-34)40-19-10-20-42-47(40)46-35-14-5-4-13-32(35)26-28-43(46)49-42/h1-29H. The summed E-state index contributed by atoms with van der Waals surface area (Å²) in [4.78, 5) is 5.18. The highest BCUT2D eigenvalue weighted by molar-refractivity contribution is 7.26. The third kappa shape index (κ3) is 4.49. The maximum absolute atomic E-state index is 5.18. The van der Waals surface area contributed by atoms with Gasteiger partial charge in [-0.15, -0.1) is 11.3 Å². The molecule has 0 fully saturated rings. The summed E-state index contributed by atoms with van der Waals surface area (Å²) in [6.45, 7) is 0. The number of aromatic nitrogens is 1. The van der Waals surface area contributed by atoms with Crippen molar-refractivity contribution in [3.05, 3.63) is 176 Å². The van der Waals surface area contributed by atoms with Crippen molar-refractivity contribution < 1.29 is 0 Å². The van der Waals surface area contributed by atoms with Gasteiger partial charge >= 0.3 is 0 Å². The predicted octanol–water partition coefficient (Wildman–Crippen LogP) is 13.6. The molecule has 1 nitrogen and oxygen atoms in total. The second-order valence-corrected chi connectivity index (χ2v) is 13.7. The Kier molecular flexibility index (Phi) is 6.43. The first-order valence-electron chi connectivity index (χ1n) is 16.7. The second kappa shape index (κ2) is 11.3. The van der Waals surface area contributed by atoms with Crippen LogP contribution in [0.2, 0.25) is 0 Å². The number of hydrogen-bond donors (Lipinski definition) is 0. The molecule has 8 aromatic carbocycles. The van der Waals surface area contributed by atoms with E-state index in [1.54, 1.807) is 0 Å². The largest absolute Gasteiger partial charge is 0.256 e. The molecule has 0 radical (unpaired) electrons. The minimum atomic E-state index is 0.991. The number of thiophene rings is 1. The first-order chi connectivity index (χ1) is 24.3. The highest BCUT2D eigenvalue weighted by atomic mass is 32.1. The van der Waals surface area contributed by atoms with Crippen molar-refractivity contribution in [2.24, 2.45) is 0 Å². The van der Waals surface area contributed by atoms with E-state index < -0.39 is 0 Å². The fraction of sp³-hybridized carbons (Fsp3) is 0. The molecule has 0 N–H and O–H groups in total. The van der Waals surface area contributed by atoms with Gasteiger partial charge in [0.15, 0.2) is 0 Å². The lowest BCUT2D eigenvalue weighted by Crippen LogP contribution is -1.92. The first-order valence-corrected chi connectivity index (χ1v) is 17.5. The molecule has 0 saturated carbocycles. The normalized spacial score (nSPS) is 11.7. The van der Waals surface area contributed by atoms with E-state index >= 15 is 0 Å². The molecule has 0 unspecified atom stereocenters. The molecule has 2 heterocycles. The van der Waals surface area contributed by atoms with Crippen molar-refractivity contribution in [1.29, 1.82) is 0 Å². The molecule has 0 bridgehead atoms. The summed E-state index contributed by atoms with van der Waals surface area (Å²) in [5.41, 5.74) is 9.45. The maximum atomic E-state index is 5.18. The Morgan fingerprint density at radius 1 is 0.347 bits per heavy atom. The van der Waals surface area contributed by atoms with Crippen molar-refractivity contribution in [3.63, 3.8) is 0 Å². The third-order valence-corrected chi connectivity index (χ3v) is 11.0. The molecule has 228 valence electrons. The number of nitrogens with zero attached hydrogens (tertiary/aromatic N) is 1. The quantitative estimate of drug-likeness (QED) is 0.175. The van der Waals surface area contributed by atoms with Crippen LogP contribution in [0.15, 0.2) is 176 Å². The number of rotatable bonds is 4. The Morgan fingerprint density at radius 2 is 0.898 bits per heavy atom. The van der Waals surface area contributed by atoms with Gasteiger partial charge in [-0.2, -0.15) is 0 Å². The topological polar surface area (TPSA) is 12.9 Å². The van der Waals surface area contributed by atoms with Crippen LogP contribution in [0.3, 0.4) is 0 Å². The summed E-state index contributed by atoms with van der Waals surface area (Å²) < 4.78 is 2.60. The van der Waals surface area contributed by atoms with Crippen LogP contribution in [0.1, 0.15) is 0 Å². The molecule has 10 aromatic rings. The van der Waals surface area contributed by atoms with Gasteiger partial charge < -0.3 is 0 Å². The van der Waals surface area contributed by atoms with E-state index in [4.69, 9.17) is 4.98 Å². The summed E-state index contributed by atoms with van der Waals surface area (Å²) in [7, 11) is 0. The lowest BCUT2D eigenvalue weighted by Gasteiger charge is -2.18. The monoisotopic (exact) mass is 639 g/mol. The maximum Gasteiger partial charge on any atom is 0.0709 e. The van der Waals surface area contributed by atoms with Gasteiger partial charge in [-0.1, -0.05) is 152 Å². The summed E-state index contributed by atoms with van der Waals surface area (Å²) in [5, 5.41) is 10.1. The molecule has 0 atom stereocenters. The Morgan fingerprint density at radius 3 is 1.57 bits per heavy atom. The van der Waals surface area contributed by atoms with E-state index in [0.29, 0.717) is 0 Å². The van der Waals surface area contributed by atoms with E-state index in [0.717, 1.165) is 11.3 Å². The molecule has 10 rings (SSSR count). The molecule has 0 aliphatic carbocycles. The van der Waals surface area contributed by atoms with Crippen molar-refractivity contribution >= 4 is 63.8 Å². The van der Waals surface area contributed by atoms with Gasteiger partial charge in [0.05, 0.1) is 5.69 Å². The van der Waals surface area contributed by atoms with Crippen LogP contribution < -0.4 is 0 Å². The van der Waals surface area contributed by atoms with Crippen LogP contribution >= 0.6 is 11.3 Å². The molecule has 0 spiro atoms. The highest BCUT2D eigenvalue weighted by Crippen LogP contribution is 2.45. The zero-order chi connectivity index (χ0) is 32.3. The average molecular weight is 640 g/mol. The fourth-order valence-electron chi connectivity index (χ4n) is 7.71. The van der Waals surface area contributed by atoms with Crippen LogP contribution in [0.5, 0.6) is 0 Å². The molecule has 0 amide bonds. The van der Waals surface area contributed by atoms with E-state index in [9.17, 15) is 0 Å². The number of benzene rings is 8. The predicted molar refractivity (Wildman–Crippen MR) is 211 cm³/mol. The summed E-state index contributed by atoms with van der Waals surface area (Å²) in [6, 6.07) is 61.5. The molecule has 0 aliphatic rings. The summed E-state index contributed by atoms with van der Waals surface area (Å²) in [6.07, 6.45) is 2.07. The average Bonchev–Trinajstić information content (AvgIpc) is 3.57. The van der Waals surface area contributed by atoms with Crippen LogP contribution in [-0.4, -0.2) is 4.98 Å². The fourth-order valence-corrected chi connectivity index (χ4v) is 8.86. The van der Waals surface area contributed by atoms with Gasteiger partial charge in [0, 0.05) is 37.5 Å². The molecule has 2 aromatic heterocycles. The zero-order valence-electron chi connectivity index (χ0n) is 26.6. The zero-order valence-corrected chi connectivity index (χ0v) is 27.4. The number of pyridine rings is 1. The van der Waals surface area contributed by atoms with Crippen molar-refractivity contribution in [2.75, 3.05) is 0 Å². The van der Waals surface area contributed by atoms with E-state index in [1.165, 1.54) is 85.9 Å². The Hall–Kier alpha value is -6.09. The third-order valence-electron chi connectivity index (χ3n) is 9.93. The van der Waals surface area contributed by atoms with Gasteiger partial charge in [-0.25, -0.2) is 0 Å². The molecular weight excluding hydrogens is 611 g/mol. The SMILES string of the molecule is c1ccc(-c2ccc(-c3c4ccccc4c(-c4ccc(-c5cccc6sc7ccc8ccccc8c7c56)nc4)c4ccccc34)cc2)cc1. The Bertz CT molecular complexity index is 2790. The lowest BCUT2D eigenvalue weighted by molar-refractivity contribution is 1.34. The van der Waals surface area contributed by atoms with Crippen molar-refractivity contribution in [1.82, 2.24) is 4.98 Å². The van der Waals surface area contributed by atoms with Gasteiger partial charge in [-0.05, 0) is 78.3 Å². The van der Waals surface area contributed by atoms with Crippen LogP contribution in [0.4, 0.5) is 0 Å². The van der Waals surface area contributed by atoms with Gasteiger partial charge in [0.25, 0.3) is 0 Å². The summed E-state index contributed by atoms with van der Waals surface area (Å²) >= 11 is 1.86. The first kappa shape index (κ1) is 28.0. The number of hydrogen-bond acceptors (Lipinski definition) is 2. The van der Waals surface area contributed by atoms with Gasteiger partial charge in [-0.3, -0.25) is 4.98 Å². The van der Waals surface area contributed by atoms with Crippen LogP contribution in [0, 0.1) is 0 Å². The van der Waals surface area contributed by atoms with Crippen molar-refractivity contribution in [3.8, 4) is 44.6 Å². The van der Waals surface area contributed by atoms with E-state index in [1.807, 2.05) is 11.3 Å². The Labute approximate surface area is 288 Å². The molecule has 2 heteroatoms. The van der Waals surface area contributed by atoms with E-state index in [-0.39, 0.29) is 0 Å². The molecule has 0 saturated heterocycles. The van der Waals surface area contributed by atoms with Gasteiger partial charge in [0.2, 0.25) is 0 Å². The minimum Gasteiger partial charge on any atom is -0.256 e. The smallest absolute Gasteiger partial charge is 0.0709 e. The number of fused-ring (bicyclic) bond motifs is 7. The molecule has 49 heavy (non-hydrogen) atoms.